The minimum atomic E-state index is -3.60. The van der Waals surface area contributed by atoms with Crippen LogP contribution in [0.4, 0.5) is 10.1 Å². The summed E-state index contributed by atoms with van der Waals surface area (Å²) >= 11 is 5.80. The molecule has 1 aliphatic rings. The fourth-order valence-electron chi connectivity index (χ4n) is 1.93. The van der Waals surface area contributed by atoms with Gasteiger partial charge in [0.15, 0.2) is 0 Å². The van der Waals surface area contributed by atoms with Crippen LogP contribution in [0.5, 0.6) is 0 Å². The van der Waals surface area contributed by atoms with Gasteiger partial charge in [-0.1, -0.05) is 17.7 Å². The van der Waals surface area contributed by atoms with Crippen molar-refractivity contribution in [2.75, 3.05) is 17.8 Å². The summed E-state index contributed by atoms with van der Waals surface area (Å²) in [6.45, 7) is 1.30. The lowest BCUT2D eigenvalue weighted by atomic mass is 10.2. The van der Waals surface area contributed by atoms with Gasteiger partial charge < -0.3 is 5.32 Å². The molecule has 0 radical (unpaired) electrons. The average molecular weight is 293 g/mol. The molecule has 1 saturated heterocycles. The van der Waals surface area contributed by atoms with Crippen LogP contribution in [0.25, 0.3) is 0 Å². The molecule has 2 rings (SSSR count). The molecule has 0 spiro atoms. The highest BCUT2D eigenvalue weighted by molar-refractivity contribution is 7.93. The standard InChI is InChI=1S/C11H14ClFN2O2S/c12-9-2-1-3-10(13)11(9)15-18(16,17)8-4-6-14-7-5-8/h1-3,8,14-15H,4-7H2. The van der Waals surface area contributed by atoms with E-state index in [9.17, 15) is 12.8 Å². The Morgan fingerprint density at radius 2 is 2.00 bits per heavy atom. The number of para-hydroxylation sites is 1. The first-order valence-electron chi connectivity index (χ1n) is 5.67. The molecule has 1 aromatic carbocycles. The molecule has 0 amide bonds. The van der Waals surface area contributed by atoms with Crippen molar-refractivity contribution in [3.05, 3.63) is 29.0 Å². The van der Waals surface area contributed by atoms with Gasteiger partial charge in [-0.3, -0.25) is 4.72 Å². The number of nitrogens with one attached hydrogen (secondary N) is 2. The molecule has 0 atom stereocenters. The summed E-state index contributed by atoms with van der Waals surface area (Å²) in [5.74, 6) is -0.667. The van der Waals surface area contributed by atoms with Crippen molar-refractivity contribution >= 4 is 27.3 Å². The Labute approximate surface area is 111 Å². The van der Waals surface area contributed by atoms with Crippen molar-refractivity contribution in [2.24, 2.45) is 0 Å². The second kappa shape index (κ2) is 5.42. The van der Waals surface area contributed by atoms with Gasteiger partial charge in [0.1, 0.15) is 11.5 Å². The Bertz CT molecular complexity index is 510. The quantitative estimate of drug-likeness (QED) is 0.895. The first kappa shape index (κ1) is 13.6. The minimum Gasteiger partial charge on any atom is -0.317 e. The zero-order chi connectivity index (χ0) is 13.2. The molecule has 0 aromatic heterocycles. The fraction of sp³-hybridized carbons (Fsp3) is 0.455. The number of hydrogen-bond donors (Lipinski definition) is 2. The van der Waals surface area contributed by atoms with Gasteiger partial charge in [-0.15, -0.1) is 0 Å². The molecule has 2 N–H and O–H groups in total. The number of anilines is 1. The van der Waals surface area contributed by atoms with E-state index in [2.05, 4.69) is 10.0 Å². The van der Waals surface area contributed by atoms with Crippen molar-refractivity contribution < 1.29 is 12.8 Å². The van der Waals surface area contributed by atoms with Crippen LogP contribution in [0.2, 0.25) is 5.02 Å². The van der Waals surface area contributed by atoms with Crippen molar-refractivity contribution in [3.63, 3.8) is 0 Å². The molecule has 1 fully saturated rings. The van der Waals surface area contributed by atoms with E-state index in [-0.39, 0.29) is 10.7 Å². The Hall–Kier alpha value is -0.850. The van der Waals surface area contributed by atoms with Gasteiger partial charge in [0.25, 0.3) is 0 Å². The van der Waals surface area contributed by atoms with Gasteiger partial charge in [0, 0.05) is 0 Å². The monoisotopic (exact) mass is 292 g/mol. The summed E-state index contributed by atoms with van der Waals surface area (Å²) in [6, 6.07) is 4.05. The van der Waals surface area contributed by atoms with Crippen LogP contribution in [-0.2, 0) is 10.0 Å². The predicted molar refractivity (Wildman–Crippen MR) is 69.8 cm³/mol. The number of rotatable bonds is 3. The molecule has 1 aromatic rings. The number of sulfonamides is 1. The molecule has 0 unspecified atom stereocenters. The van der Waals surface area contributed by atoms with Crippen LogP contribution >= 0.6 is 11.6 Å². The minimum absolute atomic E-state index is 0.0625. The molecular weight excluding hydrogens is 279 g/mol. The number of halogens is 2. The van der Waals surface area contributed by atoms with Crippen LogP contribution in [-0.4, -0.2) is 26.8 Å². The molecule has 100 valence electrons. The first-order chi connectivity index (χ1) is 8.50. The SMILES string of the molecule is O=S(=O)(Nc1c(F)cccc1Cl)C1CCNCC1. The maximum Gasteiger partial charge on any atom is 0.235 e. The second-order valence-electron chi connectivity index (χ2n) is 4.19. The maximum atomic E-state index is 13.5. The molecule has 18 heavy (non-hydrogen) atoms. The number of benzene rings is 1. The zero-order valence-corrected chi connectivity index (χ0v) is 11.2. The van der Waals surface area contributed by atoms with Gasteiger partial charge in [0.2, 0.25) is 10.0 Å². The smallest absolute Gasteiger partial charge is 0.235 e. The summed E-state index contributed by atoms with van der Waals surface area (Å²) < 4.78 is 40.0. The van der Waals surface area contributed by atoms with Crippen LogP contribution < -0.4 is 10.0 Å². The molecule has 1 aliphatic heterocycles. The van der Waals surface area contributed by atoms with Crippen LogP contribution in [0.1, 0.15) is 12.8 Å². The third kappa shape index (κ3) is 2.93. The largest absolute Gasteiger partial charge is 0.317 e. The Morgan fingerprint density at radius 1 is 1.33 bits per heavy atom. The molecule has 0 aliphatic carbocycles. The van der Waals surface area contributed by atoms with Crippen LogP contribution in [0.3, 0.4) is 0 Å². The normalized spacial score (nSPS) is 17.7. The van der Waals surface area contributed by atoms with Crippen molar-refractivity contribution in [2.45, 2.75) is 18.1 Å². The van der Waals surface area contributed by atoms with Crippen molar-refractivity contribution in [3.8, 4) is 0 Å². The lowest BCUT2D eigenvalue weighted by Crippen LogP contribution is -2.38. The first-order valence-corrected chi connectivity index (χ1v) is 7.59. The van der Waals surface area contributed by atoms with E-state index in [1.54, 1.807) is 0 Å². The molecule has 1 heterocycles. The summed E-state index contributed by atoms with van der Waals surface area (Å²) in [5, 5.41) is 2.64. The van der Waals surface area contributed by atoms with E-state index >= 15 is 0 Å². The van der Waals surface area contributed by atoms with Crippen molar-refractivity contribution in [1.29, 1.82) is 0 Å². The van der Waals surface area contributed by atoms with E-state index < -0.39 is 21.1 Å². The summed E-state index contributed by atoms with van der Waals surface area (Å²) in [4.78, 5) is 0. The summed E-state index contributed by atoms with van der Waals surface area (Å²) in [7, 11) is -3.60. The number of hydrogen-bond acceptors (Lipinski definition) is 3. The third-order valence-electron chi connectivity index (χ3n) is 2.93. The topological polar surface area (TPSA) is 58.2 Å². The fourth-order valence-corrected chi connectivity index (χ4v) is 3.71. The van der Waals surface area contributed by atoms with E-state index in [1.165, 1.54) is 18.2 Å². The van der Waals surface area contributed by atoms with Gasteiger partial charge in [0.05, 0.1) is 10.3 Å². The van der Waals surface area contributed by atoms with Crippen LogP contribution in [0.15, 0.2) is 18.2 Å². The summed E-state index contributed by atoms with van der Waals surface area (Å²) in [6.07, 6.45) is 1.03. The highest BCUT2D eigenvalue weighted by atomic mass is 35.5. The van der Waals surface area contributed by atoms with E-state index in [0.717, 1.165) is 0 Å². The van der Waals surface area contributed by atoms with Crippen LogP contribution in [0, 0.1) is 5.82 Å². The third-order valence-corrected chi connectivity index (χ3v) is 5.08. The Morgan fingerprint density at radius 3 is 2.61 bits per heavy atom. The van der Waals surface area contributed by atoms with E-state index in [1.807, 2.05) is 0 Å². The van der Waals surface area contributed by atoms with Crippen molar-refractivity contribution in [1.82, 2.24) is 5.32 Å². The lowest BCUT2D eigenvalue weighted by molar-refractivity contribution is 0.498. The molecule has 4 nitrogen and oxygen atoms in total. The van der Waals surface area contributed by atoms with Gasteiger partial charge in [-0.05, 0) is 38.1 Å². The Balaban J connectivity index is 2.22. The highest BCUT2D eigenvalue weighted by Gasteiger charge is 2.28. The second-order valence-corrected chi connectivity index (χ2v) is 6.56. The zero-order valence-electron chi connectivity index (χ0n) is 9.62. The average Bonchev–Trinajstić information content (AvgIpc) is 2.35. The lowest BCUT2D eigenvalue weighted by Gasteiger charge is -2.23. The number of piperidine rings is 1. The van der Waals surface area contributed by atoms with E-state index in [0.29, 0.717) is 25.9 Å². The van der Waals surface area contributed by atoms with Gasteiger partial charge in [-0.25, -0.2) is 12.8 Å². The predicted octanol–water partition coefficient (Wildman–Crippen LogP) is 1.97. The maximum absolute atomic E-state index is 13.5. The molecular formula is C11H14ClFN2O2S. The molecule has 0 saturated carbocycles. The van der Waals surface area contributed by atoms with E-state index in [4.69, 9.17) is 11.6 Å². The molecule has 0 bridgehead atoms. The summed E-state index contributed by atoms with van der Waals surface area (Å²) in [5.41, 5.74) is -0.169. The molecule has 7 heteroatoms. The van der Waals surface area contributed by atoms with Gasteiger partial charge in [-0.2, -0.15) is 0 Å². The Kier molecular flexibility index (Phi) is 4.09. The highest BCUT2D eigenvalue weighted by Crippen LogP contribution is 2.27. The van der Waals surface area contributed by atoms with Gasteiger partial charge >= 0.3 is 0 Å².